The van der Waals surface area contributed by atoms with Gasteiger partial charge in [-0.15, -0.1) is 0 Å². The lowest BCUT2D eigenvalue weighted by Crippen LogP contribution is -2.46. The monoisotopic (exact) mass is 540 g/mol. The van der Waals surface area contributed by atoms with Crippen LogP contribution in [0.1, 0.15) is 22.3 Å². The van der Waals surface area contributed by atoms with E-state index in [9.17, 15) is 32.0 Å². The Morgan fingerprint density at radius 2 is 1.95 bits per heavy atom. The maximum Gasteiger partial charge on any atom is 0.387 e. The molecule has 1 fully saturated rings. The van der Waals surface area contributed by atoms with E-state index in [2.05, 4.69) is 4.74 Å². The highest BCUT2D eigenvalue weighted by Gasteiger charge is 2.42. The minimum Gasteiger partial charge on any atom is -0.435 e. The minimum absolute atomic E-state index is 0.0141. The molecule has 0 bridgehead atoms. The first-order valence-electron chi connectivity index (χ1n) is 11.1. The molecule has 2 heterocycles. The Balaban J connectivity index is 1.56. The molecule has 2 atom stereocenters. The molecular weight excluding hydrogens is 520 g/mol. The molecule has 3 aromatic rings. The number of carbonyl (C=O) groups is 3. The molecule has 0 radical (unpaired) electrons. The van der Waals surface area contributed by atoms with E-state index in [4.69, 9.17) is 17.3 Å². The Kier molecular flexibility index (Phi) is 7.58. The standard InChI is InChI=1S/C24H21ClF4N4O4/c25-14-3-1-2-13(6-14)9-33(29)23(36)20-7-15(26)10-32(20)21(34)12-31-11-18(22(30)35)17-5-4-16(8-19(17)31)37-24(27)28/h1-6,8,11,15,20,24H,7,9-10,12H2,(H2,30,35)/t15-,20+/m1/s1. The molecule has 196 valence electrons. The highest BCUT2D eigenvalue weighted by molar-refractivity contribution is 6.30. The number of benzene rings is 2. The molecule has 2 aromatic carbocycles. The van der Waals surface area contributed by atoms with Crippen molar-refractivity contribution in [2.24, 2.45) is 5.73 Å². The van der Waals surface area contributed by atoms with Gasteiger partial charge >= 0.3 is 6.61 Å². The van der Waals surface area contributed by atoms with Gasteiger partial charge in [0, 0.05) is 29.1 Å². The molecule has 2 N–H and O–H groups in total. The van der Waals surface area contributed by atoms with Gasteiger partial charge in [-0.1, -0.05) is 28.2 Å². The summed E-state index contributed by atoms with van der Waals surface area (Å²) in [6, 6.07) is 8.53. The fourth-order valence-corrected chi connectivity index (χ4v) is 4.55. The van der Waals surface area contributed by atoms with Crippen LogP contribution in [-0.2, 0) is 22.7 Å². The number of ether oxygens (including phenoxy) is 1. The summed E-state index contributed by atoms with van der Waals surface area (Å²) < 4.78 is 60.0. The molecule has 1 saturated heterocycles. The number of nitrogens with zero attached hydrogens (tertiary/aromatic N) is 3. The third-order valence-electron chi connectivity index (χ3n) is 5.95. The van der Waals surface area contributed by atoms with Gasteiger partial charge in [0.2, 0.25) is 5.91 Å². The third-order valence-corrected chi connectivity index (χ3v) is 6.19. The number of carbonyl (C=O) groups excluding carboxylic acids is 3. The van der Waals surface area contributed by atoms with Crippen molar-refractivity contribution < 1.29 is 36.8 Å². The van der Waals surface area contributed by atoms with E-state index in [0.717, 1.165) is 4.90 Å². The maximum atomic E-state index is 14.8. The average Bonchev–Trinajstić information content (AvgIpc) is 3.39. The third kappa shape index (κ3) is 5.79. The predicted octanol–water partition coefficient (Wildman–Crippen LogP) is 3.85. The number of hydrogen-bond acceptors (Lipinski definition) is 4. The van der Waals surface area contributed by atoms with Crippen LogP contribution in [0.2, 0.25) is 5.02 Å². The second-order valence-electron chi connectivity index (χ2n) is 8.48. The van der Waals surface area contributed by atoms with E-state index < -0.39 is 62.6 Å². The lowest BCUT2D eigenvalue weighted by molar-refractivity contribution is -0.156. The van der Waals surface area contributed by atoms with E-state index in [0.29, 0.717) is 10.6 Å². The van der Waals surface area contributed by atoms with Crippen molar-refractivity contribution in [3.63, 3.8) is 0 Å². The maximum absolute atomic E-state index is 14.8. The number of rotatable bonds is 8. The first-order chi connectivity index (χ1) is 17.5. The van der Waals surface area contributed by atoms with Gasteiger partial charge in [0.05, 0.1) is 24.2 Å². The number of primary amides is 1. The van der Waals surface area contributed by atoms with Gasteiger partial charge in [-0.05, 0) is 29.8 Å². The SMILES string of the molecule is NC(=O)c1cn(CC(=O)N2C[C@H](F)C[C@H]2C(=O)N(F)Cc2cccc(Cl)c2)c2cc(OC(F)F)ccc12. The van der Waals surface area contributed by atoms with Gasteiger partial charge in [0.1, 0.15) is 24.5 Å². The van der Waals surface area contributed by atoms with Crippen molar-refractivity contribution in [3.05, 3.63) is 64.8 Å². The average molecular weight is 541 g/mol. The Hall–Kier alpha value is -3.80. The molecule has 37 heavy (non-hydrogen) atoms. The molecule has 1 aromatic heterocycles. The summed E-state index contributed by atoms with van der Waals surface area (Å²) in [7, 11) is 0. The van der Waals surface area contributed by atoms with Crippen molar-refractivity contribution in [1.29, 1.82) is 0 Å². The largest absolute Gasteiger partial charge is 0.435 e. The van der Waals surface area contributed by atoms with E-state index >= 15 is 0 Å². The Morgan fingerprint density at radius 3 is 2.62 bits per heavy atom. The van der Waals surface area contributed by atoms with Crippen LogP contribution in [-0.4, -0.2) is 57.7 Å². The van der Waals surface area contributed by atoms with Gasteiger partial charge in [-0.2, -0.15) is 13.9 Å². The smallest absolute Gasteiger partial charge is 0.387 e. The number of fused-ring (bicyclic) bond motifs is 1. The first kappa shape index (κ1) is 26.3. The highest BCUT2D eigenvalue weighted by Crippen LogP contribution is 2.29. The van der Waals surface area contributed by atoms with Gasteiger partial charge < -0.3 is 19.9 Å². The number of aromatic nitrogens is 1. The highest BCUT2D eigenvalue weighted by atomic mass is 35.5. The predicted molar refractivity (Wildman–Crippen MR) is 125 cm³/mol. The summed E-state index contributed by atoms with van der Waals surface area (Å²) >= 11 is 5.89. The van der Waals surface area contributed by atoms with Crippen molar-refractivity contribution in [1.82, 2.24) is 14.6 Å². The van der Waals surface area contributed by atoms with Crippen molar-refractivity contribution in [3.8, 4) is 5.75 Å². The fraction of sp³-hybridized carbons (Fsp3) is 0.292. The van der Waals surface area contributed by atoms with Crippen molar-refractivity contribution >= 4 is 40.2 Å². The van der Waals surface area contributed by atoms with Gasteiger partial charge in [-0.3, -0.25) is 14.4 Å². The molecule has 0 saturated carbocycles. The quantitative estimate of drug-likeness (QED) is 0.347. The molecule has 8 nitrogen and oxygen atoms in total. The normalized spacial score (nSPS) is 17.4. The number of halogens is 5. The Bertz CT molecular complexity index is 1350. The molecular formula is C24H21ClF4N4O4. The van der Waals surface area contributed by atoms with Crippen LogP contribution in [0.15, 0.2) is 48.7 Å². The van der Waals surface area contributed by atoms with Gasteiger partial charge in [0.25, 0.3) is 11.8 Å². The number of amides is 3. The van der Waals surface area contributed by atoms with Crippen LogP contribution in [0.5, 0.6) is 5.75 Å². The van der Waals surface area contributed by atoms with E-state index in [-0.39, 0.29) is 27.3 Å². The second-order valence-corrected chi connectivity index (χ2v) is 8.91. The lowest BCUT2D eigenvalue weighted by Gasteiger charge is -2.26. The molecule has 0 aliphatic carbocycles. The molecule has 1 aliphatic rings. The first-order valence-corrected chi connectivity index (χ1v) is 11.4. The van der Waals surface area contributed by atoms with Gasteiger partial charge in [-0.25, -0.2) is 4.39 Å². The summed E-state index contributed by atoms with van der Waals surface area (Å²) in [6.07, 6.45) is -0.713. The zero-order chi connectivity index (χ0) is 26.9. The van der Waals surface area contributed by atoms with Crippen LogP contribution < -0.4 is 10.5 Å². The Morgan fingerprint density at radius 1 is 1.19 bits per heavy atom. The molecule has 0 spiro atoms. The number of hydrogen-bond donors (Lipinski definition) is 1. The minimum atomic E-state index is -3.11. The fourth-order valence-electron chi connectivity index (χ4n) is 4.34. The van der Waals surface area contributed by atoms with Crippen molar-refractivity contribution in [2.45, 2.75) is 38.3 Å². The Labute approximate surface area is 213 Å². The van der Waals surface area contributed by atoms with Crippen LogP contribution in [0.4, 0.5) is 17.7 Å². The molecule has 1 aliphatic heterocycles. The molecule has 3 amide bonds. The van der Waals surface area contributed by atoms with Crippen LogP contribution in [0.3, 0.4) is 0 Å². The number of alkyl halides is 3. The summed E-state index contributed by atoms with van der Waals surface area (Å²) in [4.78, 5) is 38.7. The van der Waals surface area contributed by atoms with Crippen LogP contribution in [0.25, 0.3) is 10.9 Å². The molecule has 0 unspecified atom stereocenters. The number of likely N-dealkylation sites (tertiary alicyclic amines) is 1. The summed E-state index contributed by atoms with van der Waals surface area (Å²) in [5.74, 6) is -2.90. The van der Waals surface area contributed by atoms with Gasteiger partial charge in [0.15, 0.2) is 0 Å². The molecule has 13 heteroatoms. The number of nitrogens with two attached hydrogens (primary N) is 1. The summed E-state index contributed by atoms with van der Waals surface area (Å²) in [5.41, 5.74) is 5.99. The van der Waals surface area contributed by atoms with Crippen LogP contribution >= 0.6 is 11.6 Å². The van der Waals surface area contributed by atoms with E-state index in [1.807, 2.05) is 0 Å². The van der Waals surface area contributed by atoms with E-state index in [1.165, 1.54) is 35.0 Å². The second kappa shape index (κ2) is 10.7. The van der Waals surface area contributed by atoms with Crippen LogP contribution in [0, 0.1) is 0 Å². The zero-order valence-corrected chi connectivity index (χ0v) is 19.9. The molecule has 4 rings (SSSR count). The van der Waals surface area contributed by atoms with E-state index in [1.54, 1.807) is 18.2 Å². The zero-order valence-electron chi connectivity index (χ0n) is 19.1. The summed E-state index contributed by atoms with van der Waals surface area (Å²) in [5, 5.41) is 0.519. The lowest BCUT2D eigenvalue weighted by atomic mass is 10.1. The topological polar surface area (TPSA) is 97.9 Å². The summed E-state index contributed by atoms with van der Waals surface area (Å²) in [6.45, 7) is -4.50. The van der Waals surface area contributed by atoms with Crippen molar-refractivity contribution in [2.75, 3.05) is 6.54 Å².